The molecule has 1 fully saturated rings. The summed E-state index contributed by atoms with van der Waals surface area (Å²) in [5, 5.41) is 9.57. The van der Waals surface area contributed by atoms with E-state index < -0.39 is 5.41 Å². The van der Waals surface area contributed by atoms with Gasteiger partial charge in [0.1, 0.15) is 0 Å². The van der Waals surface area contributed by atoms with Crippen molar-refractivity contribution >= 4 is 5.91 Å². The van der Waals surface area contributed by atoms with Crippen molar-refractivity contribution in [3.05, 3.63) is 35.9 Å². The van der Waals surface area contributed by atoms with Crippen molar-refractivity contribution in [2.24, 2.45) is 0 Å². The molecular formula is C16H20N2O. The van der Waals surface area contributed by atoms with Gasteiger partial charge in [0, 0.05) is 19.5 Å². The van der Waals surface area contributed by atoms with Crippen molar-refractivity contribution < 1.29 is 4.79 Å². The van der Waals surface area contributed by atoms with Gasteiger partial charge in [0.2, 0.25) is 5.91 Å². The number of nitriles is 1. The number of hydrogen-bond acceptors (Lipinski definition) is 2. The molecule has 100 valence electrons. The molecule has 0 unspecified atom stereocenters. The third kappa shape index (κ3) is 2.78. The van der Waals surface area contributed by atoms with E-state index >= 15 is 0 Å². The topological polar surface area (TPSA) is 44.1 Å². The molecule has 1 aromatic rings. The number of nitrogens with zero attached hydrogens (tertiary/aromatic N) is 2. The van der Waals surface area contributed by atoms with E-state index in [1.165, 1.54) is 0 Å². The maximum Gasteiger partial charge on any atom is 0.222 e. The van der Waals surface area contributed by atoms with E-state index in [0.717, 1.165) is 24.8 Å². The molecule has 1 aromatic carbocycles. The molecule has 0 aliphatic carbocycles. The first-order valence-corrected chi connectivity index (χ1v) is 6.96. The number of carbonyl (C=O) groups excluding carboxylic acids is 1. The van der Waals surface area contributed by atoms with Crippen molar-refractivity contribution in [2.75, 3.05) is 13.1 Å². The summed E-state index contributed by atoms with van der Waals surface area (Å²) < 4.78 is 0. The number of piperidine rings is 1. The van der Waals surface area contributed by atoms with Gasteiger partial charge in [-0.1, -0.05) is 37.3 Å². The predicted molar refractivity (Wildman–Crippen MR) is 74.5 cm³/mol. The normalized spacial score (nSPS) is 17.8. The SMILES string of the molecule is CCCC(=O)N1CCC(C#N)(c2ccccc2)CC1. The Bertz CT molecular complexity index is 467. The zero-order valence-electron chi connectivity index (χ0n) is 11.4. The van der Waals surface area contributed by atoms with E-state index in [1.807, 2.05) is 42.2 Å². The number of carbonyl (C=O) groups is 1. The molecule has 3 nitrogen and oxygen atoms in total. The molecule has 1 aliphatic heterocycles. The van der Waals surface area contributed by atoms with Gasteiger partial charge in [-0.3, -0.25) is 4.79 Å². The fourth-order valence-corrected chi connectivity index (χ4v) is 2.73. The predicted octanol–water partition coefficient (Wildman–Crippen LogP) is 2.87. The molecule has 0 atom stereocenters. The number of benzene rings is 1. The Morgan fingerprint density at radius 3 is 2.47 bits per heavy atom. The van der Waals surface area contributed by atoms with Gasteiger partial charge in [0.25, 0.3) is 0 Å². The van der Waals surface area contributed by atoms with Gasteiger partial charge in [0.15, 0.2) is 0 Å². The Morgan fingerprint density at radius 2 is 1.95 bits per heavy atom. The van der Waals surface area contributed by atoms with Gasteiger partial charge in [-0.2, -0.15) is 5.26 Å². The first-order valence-electron chi connectivity index (χ1n) is 6.96. The lowest BCUT2D eigenvalue weighted by Gasteiger charge is -2.37. The van der Waals surface area contributed by atoms with E-state index in [1.54, 1.807) is 0 Å². The molecular weight excluding hydrogens is 236 g/mol. The van der Waals surface area contributed by atoms with Crippen LogP contribution in [0, 0.1) is 11.3 Å². The van der Waals surface area contributed by atoms with Gasteiger partial charge in [-0.25, -0.2) is 0 Å². The molecule has 0 radical (unpaired) electrons. The largest absolute Gasteiger partial charge is 0.343 e. The van der Waals surface area contributed by atoms with Crippen molar-refractivity contribution in [1.29, 1.82) is 5.26 Å². The second-order valence-electron chi connectivity index (χ2n) is 5.19. The Balaban J connectivity index is 2.09. The second kappa shape index (κ2) is 5.88. The van der Waals surface area contributed by atoms with Crippen LogP contribution < -0.4 is 0 Å². The van der Waals surface area contributed by atoms with E-state index in [-0.39, 0.29) is 5.91 Å². The summed E-state index contributed by atoms with van der Waals surface area (Å²) in [4.78, 5) is 13.8. The summed E-state index contributed by atoms with van der Waals surface area (Å²) in [6.07, 6.45) is 2.98. The first kappa shape index (κ1) is 13.6. The highest BCUT2D eigenvalue weighted by Crippen LogP contribution is 2.34. The summed E-state index contributed by atoms with van der Waals surface area (Å²) in [5.41, 5.74) is 0.671. The summed E-state index contributed by atoms with van der Waals surface area (Å²) in [6.45, 7) is 3.41. The van der Waals surface area contributed by atoms with Crippen LogP contribution in [0.1, 0.15) is 38.2 Å². The quantitative estimate of drug-likeness (QED) is 0.834. The fourth-order valence-electron chi connectivity index (χ4n) is 2.73. The third-order valence-electron chi connectivity index (χ3n) is 3.97. The Hall–Kier alpha value is -1.82. The van der Waals surface area contributed by atoms with E-state index in [2.05, 4.69) is 6.07 Å². The summed E-state index contributed by atoms with van der Waals surface area (Å²) in [7, 11) is 0. The highest BCUT2D eigenvalue weighted by molar-refractivity contribution is 5.76. The van der Waals surface area contributed by atoms with Gasteiger partial charge >= 0.3 is 0 Å². The van der Waals surface area contributed by atoms with Crippen molar-refractivity contribution in [3.63, 3.8) is 0 Å². The molecule has 2 rings (SSSR count). The molecule has 1 aliphatic rings. The third-order valence-corrected chi connectivity index (χ3v) is 3.97. The molecule has 0 N–H and O–H groups in total. The van der Waals surface area contributed by atoms with Crippen molar-refractivity contribution in [2.45, 2.75) is 38.0 Å². The van der Waals surface area contributed by atoms with Crippen LogP contribution in [0.5, 0.6) is 0 Å². The van der Waals surface area contributed by atoms with Crippen LogP contribution in [0.15, 0.2) is 30.3 Å². The Morgan fingerprint density at radius 1 is 1.32 bits per heavy atom. The van der Waals surface area contributed by atoms with Crippen LogP contribution >= 0.6 is 0 Å². The lowest BCUT2D eigenvalue weighted by atomic mass is 9.74. The minimum atomic E-state index is -0.412. The molecule has 1 heterocycles. The van der Waals surface area contributed by atoms with Crippen LogP contribution in [0.25, 0.3) is 0 Å². The van der Waals surface area contributed by atoms with Crippen LogP contribution in [0.2, 0.25) is 0 Å². The maximum atomic E-state index is 11.9. The molecule has 1 saturated heterocycles. The lowest BCUT2D eigenvalue weighted by molar-refractivity contribution is -0.132. The number of amides is 1. The van der Waals surface area contributed by atoms with Crippen LogP contribution in [0.4, 0.5) is 0 Å². The van der Waals surface area contributed by atoms with Gasteiger partial charge < -0.3 is 4.90 Å². The fraction of sp³-hybridized carbons (Fsp3) is 0.500. The molecule has 3 heteroatoms. The van der Waals surface area contributed by atoms with Crippen LogP contribution in [-0.4, -0.2) is 23.9 Å². The molecule has 0 saturated carbocycles. The molecule has 0 bridgehead atoms. The maximum absolute atomic E-state index is 11.9. The van der Waals surface area contributed by atoms with Crippen molar-refractivity contribution in [1.82, 2.24) is 4.90 Å². The zero-order chi connectivity index (χ0) is 13.7. The average molecular weight is 256 g/mol. The monoisotopic (exact) mass is 256 g/mol. The standard InChI is InChI=1S/C16H20N2O/c1-2-6-15(19)18-11-9-16(13-17,10-12-18)14-7-4-3-5-8-14/h3-5,7-8H,2,6,9-12H2,1H3. The smallest absolute Gasteiger partial charge is 0.222 e. The van der Waals surface area contributed by atoms with E-state index in [0.29, 0.717) is 19.5 Å². The number of hydrogen-bond donors (Lipinski definition) is 0. The van der Waals surface area contributed by atoms with Gasteiger partial charge in [0.05, 0.1) is 11.5 Å². The van der Waals surface area contributed by atoms with Gasteiger partial charge in [-0.05, 0) is 24.8 Å². The summed E-state index contributed by atoms with van der Waals surface area (Å²) >= 11 is 0. The first-order chi connectivity index (χ1) is 9.22. The van der Waals surface area contributed by atoms with Crippen molar-refractivity contribution in [3.8, 4) is 6.07 Å². The molecule has 0 spiro atoms. The van der Waals surface area contributed by atoms with Crippen LogP contribution in [-0.2, 0) is 10.2 Å². The molecule has 19 heavy (non-hydrogen) atoms. The average Bonchev–Trinajstić information content (AvgIpc) is 2.48. The summed E-state index contributed by atoms with van der Waals surface area (Å²) in [6, 6.07) is 12.4. The van der Waals surface area contributed by atoms with Crippen LogP contribution in [0.3, 0.4) is 0 Å². The van der Waals surface area contributed by atoms with E-state index in [9.17, 15) is 10.1 Å². The Labute approximate surface area is 114 Å². The lowest BCUT2D eigenvalue weighted by Crippen LogP contribution is -2.44. The number of rotatable bonds is 3. The number of likely N-dealkylation sites (tertiary alicyclic amines) is 1. The summed E-state index contributed by atoms with van der Waals surface area (Å²) in [5.74, 6) is 0.224. The highest BCUT2D eigenvalue weighted by atomic mass is 16.2. The zero-order valence-corrected chi connectivity index (χ0v) is 11.4. The highest BCUT2D eigenvalue weighted by Gasteiger charge is 2.37. The van der Waals surface area contributed by atoms with Gasteiger partial charge in [-0.15, -0.1) is 0 Å². The molecule has 1 amide bonds. The second-order valence-corrected chi connectivity index (χ2v) is 5.19. The molecule has 0 aromatic heterocycles. The van der Waals surface area contributed by atoms with E-state index in [4.69, 9.17) is 0 Å². The minimum Gasteiger partial charge on any atom is -0.343 e. The Kier molecular flexibility index (Phi) is 4.21. The minimum absolute atomic E-state index is 0.224.